The first-order valence-electron chi connectivity index (χ1n) is 8.08. The van der Waals surface area contributed by atoms with Gasteiger partial charge in [0.05, 0.1) is 16.8 Å². The zero-order valence-corrected chi connectivity index (χ0v) is 14.8. The van der Waals surface area contributed by atoms with Crippen molar-refractivity contribution in [2.24, 2.45) is 0 Å². The van der Waals surface area contributed by atoms with Crippen LogP contribution in [0.3, 0.4) is 0 Å². The number of thioether (sulfide) groups is 1. The Bertz CT molecular complexity index is 1030. The highest BCUT2D eigenvalue weighted by Gasteiger charge is 2.26. The number of Topliss-reactive ketones (excluding diaryl/α,β-unsaturated/α-hetero) is 1. The molecule has 0 saturated carbocycles. The summed E-state index contributed by atoms with van der Waals surface area (Å²) in [6.45, 7) is 0. The minimum Gasteiger partial charge on any atom is -0.366 e. The number of hydrogen-bond donors (Lipinski definition) is 2. The Labute approximate surface area is 154 Å². The molecule has 7 heteroatoms. The fourth-order valence-corrected chi connectivity index (χ4v) is 3.89. The van der Waals surface area contributed by atoms with Crippen molar-refractivity contribution in [2.75, 3.05) is 7.05 Å². The van der Waals surface area contributed by atoms with E-state index >= 15 is 0 Å². The molecule has 1 unspecified atom stereocenters. The number of fused-ring (bicyclic) bond motifs is 1. The molecule has 4 rings (SSSR count). The molecule has 26 heavy (non-hydrogen) atoms. The summed E-state index contributed by atoms with van der Waals surface area (Å²) in [6, 6.07) is 10.9. The molecule has 0 spiro atoms. The van der Waals surface area contributed by atoms with Gasteiger partial charge in [0.2, 0.25) is 5.78 Å². The van der Waals surface area contributed by atoms with E-state index in [2.05, 4.69) is 15.6 Å². The molecule has 0 radical (unpaired) electrons. The Morgan fingerprint density at radius 1 is 1.23 bits per heavy atom. The predicted molar refractivity (Wildman–Crippen MR) is 102 cm³/mol. The third-order valence-electron chi connectivity index (χ3n) is 4.23. The molecule has 2 aromatic heterocycles. The average molecular weight is 364 g/mol. The quantitative estimate of drug-likeness (QED) is 0.698. The maximum atomic E-state index is 13.1. The van der Waals surface area contributed by atoms with E-state index in [0.717, 1.165) is 10.9 Å². The summed E-state index contributed by atoms with van der Waals surface area (Å²) in [5.41, 5.74) is 2.72. The number of pyridine rings is 1. The summed E-state index contributed by atoms with van der Waals surface area (Å²) in [5.74, 6) is -0.136. The van der Waals surface area contributed by atoms with Crippen LogP contribution in [0.1, 0.15) is 21.3 Å². The first kappa shape index (κ1) is 16.4. The van der Waals surface area contributed by atoms with Gasteiger partial charge in [-0.25, -0.2) is 4.79 Å². The molecule has 0 bridgehead atoms. The van der Waals surface area contributed by atoms with E-state index in [9.17, 15) is 9.59 Å². The lowest BCUT2D eigenvalue weighted by Gasteiger charge is -2.11. The van der Waals surface area contributed by atoms with Crippen molar-refractivity contribution in [3.05, 3.63) is 77.2 Å². The van der Waals surface area contributed by atoms with E-state index in [1.54, 1.807) is 25.6 Å². The number of nitrogens with zero attached hydrogens (tertiary/aromatic N) is 2. The second kappa shape index (κ2) is 6.68. The van der Waals surface area contributed by atoms with E-state index in [4.69, 9.17) is 0 Å². The van der Waals surface area contributed by atoms with Gasteiger partial charge in [-0.15, -0.1) is 11.8 Å². The fraction of sp³-hybridized carbons (Fsp3) is 0.105. The van der Waals surface area contributed by atoms with Crippen molar-refractivity contribution >= 4 is 34.5 Å². The summed E-state index contributed by atoms with van der Waals surface area (Å²) in [6.07, 6.45) is 5.09. The second-order valence-electron chi connectivity index (χ2n) is 5.79. The van der Waals surface area contributed by atoms with Gasteiger partial charge >= 0.3 is 6.03 Å². The molecule has 3 aromatic rings. The van der Waals surface area contributed by atoms with E-state index < -0.39 is 0 Å². The molecular weight excluding hydrogens is 348 g/mol. The van der Waals surface area contributed by atoms with Crippen LogP contribution < -0.4 is 10.6 Å². The van der Waals surface area contributed by atoms with Crippen LogP contribution in [0.4, 0.5) is 4.79 Å². The minimum atomic E-state index is -0.281. The van der Waals surface area contributed by atoms with E-state index in [1.165, 1.54) is 16.3 Å². The molecular formula is C19H16N4O2S. The molecule has 0 aliphatic carbocycles. The van der Waals surface area contributed by atoms with Gasteiger partial charge in [0.25, 0.3) is 0 Å². The normalized spacial score (nSPS) is 16.2. The van der Waals surface area contributed by atoms with Gasteiger partial charge in [-0.3, -0.25) is 14.3 Å². The lowest BCUT2D eigenvalue weighted by atomic mass is 10.1. The number of nitrogens with one attached hydrogen (secondary N) is 2. The summed E-state index contributed by atoms with van der Waals surface area (Å²) < 4.78 is 1.46. The monoisotopic (exact) mass is 364 g/mol. The number of amides is 1. The minimum absolute atomic E-state index is 0.0464. The summed E-state index contributed by atoms with van der Waals surface area (Å²) in [4.78, 5) is 29.3. The van der Waals surface area contributed by atoms with Crippen LogP contribution in [0.5, 0.6) is 0 Å². The Balaban J connectivity index is 1.66. The Morgan fingerprint density at radius 3 is 2.85 bits per heavy atom. The molecule has 1 amide bonds. The number of allylic oxidation sites excluding steroid dienone is 1. The summed E-state index contributed by atoms with van der Waals surface area (Å²) in [5, 5.41) is 8.37. The first-order valence-corrected chi connectivity index (χ1v) is 9.02. The van der Waals surface area contributed by atoms with Gasteiger partial charge in [0, 0.05) is 42.0 Å². The smallest absolute Gasteiger partial charge is 0.325 e. The first-order chi connectivity index (χ1) is 12.7. The molecule has 2 N–H and O–H groups in total. The summed E-state index contributed by atoms with van der Waals surface area (Å²) in [7, 11) is 1.56. The molecule has 1 aliphatic heterocycles. The van der Waals surface area contributed by atoms with Crippen LogP contribution in [0, 0.1) is 0 Å². The van der Waals surface area contributed by atoms with Crippen molar-refractivity contribution in [3.63, 3.8) is 0 Å². The molecule has 6 nitrogen and oxygen atoms in total. The van der Waals surface area contributed by atoms with Gasteiger partial charge in [-0.05, 0) is 12.1 Å². The molecule has 1 atom stereocenters. The molecule has 130 valence electrons. The zero-order valence-electron chi connectivity index (χ0n) is 14.0. The van der Waals surface area contributed by atoms with Crippen LogP contribution in [0.15, 0.2) is 66.1 Å². The lowest BCUT2D eigenvalue weighted by molar-refractivity contribution is 0.102. The predicted octanol–water partition coefficient (Wildman–Crippen LogP) is 3.28. The molecule has 3 heterocycles. The lowest BCUT2D eigenvalue weighted by Crippen LogP contribution is -2.23. The number of carbonyl (C=O) groups excluding carboxylic acids is 2. The Morgan fingerprint density at radius 2 is 2.08 bits per heavy atom. The van der Waals surface area contributed by atoms with E-state index in [1.807, 2.05) is 41.8 Å². The number of rotatable bonds is 3. The van der Waals surface area contributed by atoms with Crippen LogP contribution in [0.2, 0.25) is 0 Å². The van der Waals surface area contributed by atoms with Crippen molar-refractivity contribution in [2.45, 2.75) is 5.37 Å². The number of para-hydroxylation sites is 1. The largest absolute Gasteiger partial charge is 0.366 e. The number of hydrogen-bond acceptors (Lipinski definition) is 5. The Kier molecular flexibility index (Phi) is 4.22. The van der Waals surface area contributed by atoms with Crippen LogP contribution >= 0.6 is 11.8 Å². The van der Waals surface area contributed by atoms with Crippen LogP contribution in [-0.2, 0) is 0 Å². The average Bonchev–Trinajstić information content (AvgIpc) is 3.33. The molecule has 1 aromatic carbocycles. The van der Waals surface area contributed by atoms with Crippen LogP contribution in [0.25, 0.3) is 10.9 Å². The third-order valence-corrected chi connectivity index (χ3v) is 5.26. The van der Waals surface area contributed by atoms with E-state index in [-0.39, 0.29) is 17.2 Å². The zero-order chi connectivity index (χ0) is 18.1. The standard InChI is InChI=1S/C19H16N4O2S/c1-20-19(25)23-10-14(13-6-2-3-7-16(13)23)17(24)15-11-26-18(22-15)12-5-4-8-21-9-12/h2-11,18,22H,1H3,(H,20,25). The topological polar surface area (TPSA) is 76.0 Å². The highest BCUT2D eigenvalue weighted by molar-refractivity contribution is 8.02. The summed E-state index contributed by atoms with van der Waals surface area (Å²) >= 11 is 1.53. The van der Waals surface area contributed by atoms with Gasteiger partial charge in [-0.1, -0.05) is 24.3 Å². The SMILES string of the molecule is CNC(=O)n1cc(C(=O)C2=CSC(c3cccnc3)N2)c2ccccc21. The Hall–Kier alpha value is -3.06. The number of carbonyl (C=O) groups is 2. The van der Waals surface area contributed by atoms with Crippen molar-refractivity contribution in [3.8, 4) is 0 Å². The van der Waals surface area contributed by atoms with Crippen molar-refractivity contribution < 1.29 is 9.59 Å². The van der Waals surface area contributed by atoms with Gasteiger partial charge in [-0.2, -0.15) is 0 Å². The fourth-order valence-electron chi connectivity index (χ4n) is 2.95. The van der Waals surface area contributed by atoms with Gasteiger partial charge in [0.1, 0.15) is 5.37 Å². The number of ketones is 1. The third kappa shape index (κ3) is 2.76. The molecule has 1 aliphatic rings. The highest BCUT2D eigenvalue weighted by Crippen LogP contribution is 2.35. The van der Waals surface area contributed by atoms with Crippen molar-refractivity contribution in [1.82, 2.24) is 20.2 Å². The maximum absolute atomic E-state index is 13.1. The highest BCUT2D eigenvalue weighted by atomic mass is 32.2. The van der Waals surface area contributed by atoms with Gasteiger partial charge < -0.3 is 10.6 Å². The molecule has 0 saturated heterocycles. The number of aromatic nitrogens is 2. The molecule has 0 fully saturated rings. The van der Waals surface area contributed by atoms with Crippen molar-refractivity contribution in [1.29, 1.82) is 0 Å². The number of benzene rings is 1. The van der Waals surface area contributed by atoms with Gasteiger partial charge in [0.15, 0.2) is 0 Å². The maximum Gasteiger partial charge on any atom is 0.325 e. The second-order valence-corrected chi connectivity index (χ2v) is 6.77. The van der Waals surface area contributed by atoms with E-state index in [0.29, 0.717) is 16.8 Å². The van der Waals surface area contributed by atoms with Crippen LogP contribution in [-0.4, -0.2) is 28.4 Å².